The first-order valence-electron chi connectivity index (χ1n) is 6.58. The van der Waals surface area contributed by atoms with Crippen molar-refractivity contribution in [3.05, 3.63) is 23.3 Å². The second-order valence-electron chi connectivity index (χ2n) is 5.94. The summed E-state index contributed by atoms with van der Waals surface area (Å²) >= 11 is 0. The maximum Gasteiger partial charge on any atom is 0.316 e. The highest BCUT2D eigenvalue weighted by atomic mass is 16.4. The molecule has 1 atom stereocenters. The van der Waals surface area contributed by atoms with Crippen LogP contribution in [-0.4, -0.2) is 46.1 Å². The predicted molar refractivity (Wildman–Crippen MR) is 72.3 cm³/mol. The van der Waals surface area contributed by atoms with E-state index in [-0.39, 0.29) is 0 Å². The minimum absolute atomic E-state index is 0.384. The van der Waals surface area contributed by atoms with Gasteiger partial charge < -0.3 is 10.0 Å². The maximum atomic E-state index is 11.3. The van der Waals surface area contributed by atoms with Gasteiger partial charge in [-0.15, -0.1) is 0 Å². The summed E-state index contributed by atoms with van der Waals surface area (Å²) in [6.07, 6.45) is 1.07. The van der Waals surface area contributed by atoms with E-state index in [4.69, 9.17) is 0 Å². The van der Waals surface area contributed by atoms with Gasteiger partial charge in [0.25, 0.3) is 0 Å². The number of hydrogen-bond acceptors (Lipinski definition) is 4. The topological polar surface area (TPSA) is 66.3 Å². The van der Waals surface area contributed by atoms with Crippen LogP contribution in [0, 0.1) is 6.92 Å². The summed E-state index contributed by atoms with van der Waals surface area (Å²) in [6, 6.07) is 1.98. The molecule has 104 valence electrons. The van der Waals surface area contributed by atoms with E-state index in [1.54, 1.807) is 13.8 Å². The van der Waals surface area contributed by atoms with Gasteiger partial charge in [0.1, 0.15) is 11.2 Å². The second-order valence-corrected chi connectivity index (χ2v) is 5.94. The van der Waals surface area contributed by atoms with Gasteiger partial charge >= 0.3 is 5.97 Å². The Morgan fingerprint density at radius 3 is 2.68 bits per heavy atom. The number of aromatic nitrogens is 2. The van der Waals surface area contributed by atoms with Crippen molar-refractivity contribution in [1.82, 2.24) is 14.9 Å². The van der Waals surface area contributed by atoms with E-state index in [0.29, 0.717) is 11.7 Å². The van der Waals surface area contributed by atoms with Gasteiger partial charge in [-0.1, -0.05) is 0 Å². The van der Waals surface area contributed by atoms with Gasteiger partial charge in [-0.3, -0.25) is 4.79 Å². The summed E-state index contributed by atoms with van der Waals surface area (Å²) in [5.41, 5.74) is 0.760. The number of aliphatic carboxylic acids is 1. The van der Waals surface area contributed by atoms with Crippen LogP contribution >= 0.6 is 0 Å². The molecule has 2 heterocycles. The van der Waals surface area contributed by atoms with Crippen molar-refractivity contribution in [2.45, 2.75) is 38.5 Å². The summed E-state index contributed by atoms with van der Waals surface area (Å²) in [4.78, 5) is 22.4. The molecular weight excluding hydrogens is 242 g/mol. The first-order valence-corrected chi connectivity index (χ1v) is 6.58. The minimum atomic E-state index is -1.05. The number of hydrogen-bond donors (Lipinski definition) is 1. The van der Waals surface area contributed by atoms with E-state index in [2.05, 4.69) is 21.9 Å². The lowest BCUT2D eigenvalue weighted by Gasteiger charge is -2.20. The molecule has 19 heavy (non-hydrogen) atoms. The molecule has 1 aromatic rings. The molecule has 5 nitrogen and oxygen atoms in total. The molecule has 1 aliphatic heterocycles. The van der Waals surface area contributed by atoms with Crippen LogP contribution in [0.3, 0.4) is 0 Å². The Bertz CT molecular complexity index is 499. The standard InChI is InChI=1S/C14H21N3O2/c1-9-7-11(10-5-6-17(4)8-10)16-12(15-9)14(2,3)13(18)19/h7,10H,5-6,8H2,1-4H3,(H,18,19). The van der Waals surface area contributed by atoms with E-state index in [9.17, 15) is 9.90 Å². The lowest BCUT2D eigenvalue weighted by atomic mass is 9.92. The number of rotatable bonds is 3. The Morgan fingerprint density at radius 2 is 2.16 bits per heavy atom. The van der Waals surface area contributed by atoms with Gasteiger partial charge in [-0.05, 0) is 46.9 Å². The molecule has 0 aliphatic carbocycles. The highest BCUT2D eigenvalue weighted by Gasteiger charge is 2.34. The molecule has 1 unspecified atom stereocenters. The lowest BCUT2D eigenvalue weighted by Crippen LogP contribution is -2.31. The highest BCUT2D eigenvalue weighted by Crippen LogP contribution is 2.27. The average Bonchev–Trinajstić information content (AvgIpc) is 2.75. The number of likely N-dealkylation sites (tertiary alicyclic amines) is 1. The van der Waals surface area contributed by atoms with Gasteiger partial charge in [0, 0.05) is 23.9 Å². The molecule has 0 saturated carbocycles. The zero-order chi connectivity index (χ0) is 14.2. The van der Waals surface area contributed by atoms with Gasteiger partial charge in [-0.25, -0.2) is 9.97 Å². The van der Waals surface area contributed by atoms with Gasteiger partial charge in [0.15, 0.2) is 0 Å². The quantitative estimate of drug-likeness (QED) is 0.896. The van der Waals surface area contributed by atoms with Crippen LogP contribution in [0.15, 0.2) is 6.07 Å². The van der Waals surface area contributed by atoms with E-state index in [1.807, 2.05) is 13.0 Å². The number of carbonyl (C=O) groups is 1. The average molecular weight is 263 g/mol. The molecule has 0 spiro atoms. The van der Waals surface area contributed by atoms with E-state index >= 15 is 0 Å². The van der Waals surface area contributed by atoms with Crippen molar-refractivity contribution < 1.29 is 9.90 Å². The predicted octanol–water partition coefficient (Wildman–Crippen LogP) is 1.57. The SMILES string of the molecule is Cc1cc(C2CCN(C)C2)nc(C(C)(C)C(=O)O)n1. The zero-order valence-electron chi connectivity index (χ0n) is 12.0. The number of aryl methyl sites for hydroxylation is 1. The highest BCUT2D eigenvalue weighted by molar-refractivity contribution is 5.78. The van der Waals surface area contributed by atoms with E-state index in [0.717, 1.165) is 30.9 Å². The van der Waals surface area contributed by atoms with Crippen molar-refractivity contribution in [2.24, 2.45) is 0 Å². The molecular formula is C14H21N3O2. The normalized spacial score (nSPS) is 20.7. The van der Waals surface area contributed by atoms with E-state index in [1.165, 1.54) is 0 Å². The van der Waals surface area contributed by atoms with Crippen LogP contribution in [-0.2, 0) is 10.2 Å². The third kappa shape index (κ3) is 2.76. The molecule has 0 amide bonds. The van der Waals surface area contributed by atoms with Crippen LogP contribution in [0.25, 0.3) is 0 Å². The van der Waals surface area contributed by atoms with Crippen molar-refractivity contribution in [2.75, 3.05) is 20.1 Å². The Kier molecular flexibility index (Phi) is 3.58. The third-order valence-electron chi connectivity index (χ3n) is 3.78. The van der Waals surface area contributed by atoms with Crippen molar-refractivity contribution >= 4 is 5.97 Å². The third-order valence-corrected chi connectivity index (χ3v) is 3.78. The lowest BCUT2D eigenvalue weighted by molar-refractivity contribution is -0.142. The fraction of sp³-hybridized carbons (Fsp3) is 0.643. The number of likely N-dealkylation sites (N-methyl/N-ethyl adjacent to an activating group) is 1. The smallest absolute Gasteiger partial charge is 0.316 e. The van der Waals surface area contributed by atoms with Crippen molar-refractivity contribution in [3.8, 4) is 0 Å². The first-order chi connectivity index (χ1) is 8.80. The fourth-order valence-electron chi connectivity index (χ4n) is 2.35. The molecule has 5 heteroatoms. The first kappa shape index (κ1) is 13.9. The second kappa shape index (κ2) is 4.89. The van der Waals surface area contributed by atoms with Gasteiger partial charge in [-0.2, -0.15) is 0 Å². The van der Waals surface area contributed by atoms with Crippen LogP contribution in [0.4, 0.5) is 0 Å². The molecule has 1 fully saturated rings. The number of nitrogens with zero attached hydrogens (tertiary/aromatic N) is 3. The van der Waals surface area contributed by atoms with E-state index < -0.39 is 11.4 Å². The van der Waals surface area contributed by atoms with Gasteiger partial charge in [0.2, 0.25) is 0 Å². The number of carboxylic acids is 1. The van der Waals surface area contributed by atoms with Crippen molar-refractivity contribution in [3.63, 3.8) is 0 Å². The van der Waals surface area contributed by atoms with Crippen LogP contribution in [0.2, 0.25) is 0 Å². The molecule has 0 radical (unpaired) electrons. The molecule has 1 aromatic heterocycles. The summed E-state index contributed by atoms with van der Waals surface area (Å²) in [5, 5.41) is 9.30. The van der Waals surface area contributed by atoms with Crippen LogP contribution in [0.1, 0.15) is 43.4 Å². The molecule has 1 N–H and O–H groups in total. The summed E-state index contributed by atoms with van der Waals surface area (Å²) < 4.78 is 0. The molecule has 1 saturated heterocycles. The number of carboxylic acid groups (broad SMARTS) is 1. The Hall–Kier alpha value is -1.49. The molecule has 1 aliphatic rings. The Morgan fingerprint density at radius 1 is 1.47 bits per heavy atom. The zero-order valence-corrected chi connectivity index (χ0v) is 12.0. The molecule has 2 rings (SSSR count). The minimum Gasteiger partial charge on any atom is -0.481 e. The summed E-state index contributed by atoms with van der Waals surface area (Å²) in [7, 11) is 2.09. The summed E-state index contributed by atoms with van der Waals surface area (Å²) in [6.45, 7) is 7.23. The Balaban J connectivity index is 2.37. The monoisotopic (exact) mass is 263 g/mol. The summed E-state index contributed by atoms with van der Waals surface area (Å²) in [5.74, 6) is -0.104. The maximum absolute atomic E-state index is 11.3. The fourth-order valence-corrected chi connectivity index (χ4v) is 2.35. The Labute approximate surface area is 113 Å². The van der Waals surface area contributed by atoms with Crippen LogP contribution < -0.4 is 0 Å². The van der Waals surface area contributed by atoms with Gasteiger partial charge in [0.05, 0.1) is 0 Å². The van der Waals surface area contributed by atoms with Crippen molar-refractivity contribution in [1.29, 1.82) is 0 Å². The van der Waals surface area contributed by atoms with Crippen LogP contribution in [0.5, 0.6) is 0 Å². The molecule has 0 aromatic carbocycles. The molecule has 0 bridgehead atoms. The largest absolute Gasteiger partial charge is 0.481 e.